The van der Waals surface area contributed by atoms with Crippen LogP contribution in [0, 0.1) is 22.3 Å². The summed E-state index contributed by atoms with van der Waals surface area (Å²) in [6, 6.07) is 7.48. The zero-order chi connectivity index (χ0) is 32.2. The Bertz CT molecular complexity index is 1820. The lowest BCUT2D eigenvalue weighted by Gasteiger charge is -2.44. The Kier molecular flexibility index (Phi) is 8.02. The minimum Gasteiger partial charge on any atom is -0.346 e. The van der Waals surface area contributed by atoms with Gasteiger partial charge < -0.3 is 5.32 Å². The molecule has 1 atom stereocenters. The normalized spacial score (nSPS) is 23.6. The van der Waals surface area contributed by atoms with Gasteiger partial charge in [-0.25, -0.2) is 21.4 Å². The van der Waals surface area contributed by atoms with Gasteiger partial charge >= 0.3 is 6.18 Å². The lowest BCUT2D eigenvalue weighted by Crippen LogP contribution is -2.53. The SMILES string of the molecule is CC(C)C1N(S(=O)(=O)c2ccc(F)cc2)c2ccc(C(=O)NCc3ncccc3C(F)(F)F)c(F)c2C12CCS(=N)(=O)CC2. The lowest BCUT2D eigenvalue weighted by atomic mass is 9.68. The van der Waals surface area contributed by atoms with Gasteiger partial charge in [-0.05, 0) is 67.3 Å². The molecule has 5 rings (SSSR count). The molecule has 1 aromatic heterocycles. The maximum Gasteiger partial charge on any atom is 0.418 e. The number of nitrogens with one attached hydrogen (secondary N) is 2. The van der Waals surface area contributed by atoms with E-state index in [4.69, 9.17) is 4.78 Å². The van der Waals surface area contributed by atoms with E-state index in [0.717, 1.165) is 53.0 Å². The molecule has 1 unspecified atom stereocenters. The number of nitrogens with zero attached hydrogens (tertiary/aromatic N) is 2. The summed E-state index contributed by atoms with van der Waals surface area (Å²) in [6.45, 7) is 2.83. The van der Waals surface area contributed by atoms with Crippen molar-refractivity contribution >= 4 is 31.3 Å². The smallest absolute Gasteiger partial charge is 0.346 e. The highest BCUT2D eigenvalue weighted by atomic mass is 32.2. The first-order valence-corrected chi connectivity index (χ1v) is 17.0. The van der Waals surface area contributed by atoms with Gasteiger partial charge in [0.2, 0.25) is 0 Å². The number of rotatable bonds is 6. The number of carbonyl (C=O) groups excluding carboxylic acids is 1. The number of fused-ring (bicyclic) bond motifs is 2. The minimum absolute atomic E-state index is 0.00844. The number of amides is 1. The van der Waals surface area contributed by atoms with Crippen LogP contribution < -0.4 is 9.62 Å². The number of pyridine rings is 1. The van der Waals surface area contributed by atoms with Crippen LogP contribution in [0.25, 0.3) is 0 Å². The minimum atomic E-state index is -4.73. The van der Waals surface area contributed by atoms with Crippen LogP contribution in [0.15, 0.2) is 59.6 Å². The van der Waals surface area contributed by atoms with E-state index in [0.29, 0.717) is 0 Å². The molecule has 1 fully saturated rings. The van der Waals surface area contributed by atoms with E-state index in [2.05, 4.69) is 10.3 Å². The molecule has 0 bridgehead atoms. The fourth-order valence-corrected chi connectivity index (χ4v) is 9.85. The number of hydrogen-bond donors (Lipinski definition) is 2. The Hall–Kier alpha value is -3.59. The molecule has 3 heterocycles. The first-order valence-electron chi connectivity index (χ1n) is 13.7. The van der Waals surface area contributed by atoms with Crippen LogP contribution in [0.1, 0.15) is 53.9 Å². The highest BCUT2D eigenvalue weighted by Gasteiger charge is 2.58. The van der Waals surface area contributed by atoms with Crippen LogP contribution in [0.3, 0.4) is 0 Å². The fraction of sp³-hybridized carbons (Fsp3) is 0.379. The van der Waals surface area contributed by atoms with E-state index >= 15 is 4.39 Å². The van der Waals surface area contributed by atoms with Gasteiger partial charge in [0, 0.05) is 38.4 Å². The molecule has 0 saturated carbocycles. The molecule has 0 aliphatic carbocycles. The predicted octanol–water partition coefficient (Wildman–Crippen LogP) is 5.62. The summed E-state index contributed by atoms with van der Waals surface area (Å²) < 4.78 is 121. The second-order valence-electron chi connectivity index (χ2n) is 11.3. The summed E-state index contributed by atoms with van der Waals surface area (Å²) in [7, 11) is -7.43. The topological polar surface area (TPSA) is 120 Å². The molecule has 2 N–H and O–H groups in total. The highest BCUT2D eigenvalue weighted by Crippen LogP contribution is 2.56. The molecule has 44 heavy (non-hydrogen) atoms. The molecule has 2 aromatic carbocycles. The molecule has 1 spiro atoms. The zero-order valence-corrected chi connectivity index (χ0v) is 25.3. The number of halogens is 5. The van der Waals surface area contributed by atoms with E-state index in [9.17, 15) is 35.0 Å². The second-order valence-corrected chi connectivity index (χ2v) is 15.6. The molecule has 0 radical (unpaired) electrons. The van der Waals surface area contributed by atoms with Crippen LogP contribution in [-0.2, 0) is 37.9 Å². The van der Waals surface area contributed by atoms with Gasteiger partial charge in [0.25, 0.3) is 15.9 Å². The molecule has 1 amide bonds. The average molecular weight is 657 g/mol. The number of anilines is 1. The zero-order valence-electron chi connectivity index (χ0n) is 23.6. The third-order valence-corrected chi connectivity index (χ3v) is 11.8. The number of aromatic nitrogens is 1. The van der Waals surface area contributed by atoms with Crippen molar-refractivity contribution in [3.05, 3.63) is 88.7 Å². The number of sulfonamides is 1. The third kappa shape index (κ3) is 5.44. The van der Waals surface area contributed by atoms with Crippen molar-refractivity contribution < 1.29 is 39.4 Å². The Labute approximate surface area is 251 Å². The van der Waals surface area contributed by atoms with E-state index in [-0.39, 0.29) is 40.5 Å². The summed E-state index contributed by atoms with van der Waals surface area (Å²) in [4.78, 5) is 16.7. The second kappa shape index (κ2) is 11.1. The third-order valence-electron chi connectivity index (χ3n) is 8.29. The molecular formula is C29H29F5N4O4S2. The summed E-state index contributed by atoms with van der Waals surface area (Å²) in [5.41, 5.74) is -3.48. The summed E-state index contributed by atoms with van der Waals surface area (Å²) in [6.07, 6.45) is -3.62. The maximum absolute atomic E-state index is 16.6. The Balaban J connectivity index is 1.62. The largest absolute Gasteiger partial charge is 0.418 e. The fourth-order valence-electron chi connectivity index (χ4n) is 6.39. The summed E-state index contributed by atoms with van der Waals surface area (Å²) in [5.74, 6) is -3.45. The first kappa shape index (κ1) is 31.8. The van der Waals surface area contributed by atoms with Crippen molar-refractivity contribution in [2.75, 3.05) is 15.8 Å². The van der Waals surface area contributed by atoms with Crippen molar-refractivity contribution in [1.29, 1.82) is 4.78 Å². The molecule has 2 aliphatic rings. The Morgan fingerprint density at radius 2 is 1.75 bits per heavy atom. The molecule has 8 nitrogen and oxygen atoms in total. The molecular weight excluding hydrogens is 627 g/mol. The van der Waals surface area contributed by atoms with Crippen molar-refractivity contribution in [1.82, 2.24) is 10.3 Å². The number of benzene rings is 2. The van der Waals surface area contributed by atoms with Gasteiger partial charge in [-0.2, -0.15) is 13.2 Å². The van der Waals surface area contributed by atoms with Crippen LogP contribution in [0.2, 0.25) is 0 Å². The van der Waals surface area contributed by atoms with Crippen molar-refractivity contribution in [2.45, 2.75) is 55.8 Å². The van der Waals surface area contributed by atoms with E-state index < -0.39 is 84.2 Å². The van der Waals surface area contributed by atoms with Gasteiger partial charge in [-0.15, -0.1) is 0 Å². The number of hydrogen-bond acceptors (Lipinski definition) is 6. The van der Waals surface area contributed by atoms with Crippen LogP contribution in [0.4, 0.5) is 27.6 Å². The van der Waals surface area contributed by atoms with Gasteiger partial charge in [0.05, 0.1) is 40.0 Å². The van der Waals surface area contributed by atoms with Crippen molar-refractivity contribution in [3.8, 4) is 0 Å². The quantitative estimate of drug-likeness (QED) is 0.334. The van der Waals surface area contributed by atoms with E-state index in [1.807, 2.05) is 0 Å². The van der Waals surface area contributed by atoms with Gasteiger partial charge in [0.1, 0.15) is 11.6 Å². The molecule has 1 saturated heterocycles. The maximum atomic E-state index is 16.6. The van der Waals surface area contributed by atoms with E-state index in [1.165, 1.54) is 6.07 Å². The van der Waals surface area contributed by atoms with Crippen molar-refractivity contribution in [2.24, 2.45) is 5.92 Å². The Morgan fingerprint density at radius 1 is 1.11 bits per heavy atom. The first-order chi connectivity index (χ1) is 20.5. The molecule has 2 aliphatic heterocycles. The predicted molar refractivity (Wildman–Crippen MR) is 153 cm³/mol. The molecule has 236 valence electrons. The summed E-state index contributed by atoms with van der Waals surface area (Å²) in [5, 5.41) is 2.29. The van der Waals surface area contributed by atoms with E-state index in [1.54, 1.807) is 13.8 Å². The monoisotopic (exact) mass is 656 g/mol. The van der Waals surface area contributed by atoms with Gasteiger partial charge in [0.15, 0.2) is 0 Å². The van der Waals surface area contributed by atoms with Gasteiger partial charge in [-0.1, -0.05) is 13.8 Å². The van der Waals surface area contributed by atoms with Crippen LogP contribution in [0.5, 0.6) is 0 Å². The number of carbonyl (C=O) groups is 1. The van der Waals surface area contributed by atoms with Crippen LogP contribution in [-0.4, -0.2) is 41.1 Å². The number of alkyl halides is 3. The lowest BCUT2D eigenvalue weighted by molar-refractivity contribution is -0.138. The Morgan fingerprint density at radius 3 is 2.34 bits per heavy atom. The van der Waals surface area contributed by atoms with Crippen LogP contribution >= 0.6 is 0 Å². The summed E-state index contributed by atoms with van der Waals surface area (Å²) >= 11 is 0. The van der Waals surface area contributed by atoms with Gasteiger partial charge in [-0.3, -0.25) is 18.9 Å². The highest BCUT2D eigenvalue weighted by molar-refractivity contribution is 7.93. The molecule has 3 aromatic rings. The molecule has 15 heteroatoms. The average Bonchev–Trinajstić information content (AvgIpc) is 3.25. The standard InChI is InChI=1S/C29H29F5N4O4S2/c1-17(2)26-28(11-14-43(35,40)15-12-28)24-23(38(26)44(41,42)19-7-5-18(30)6-8-19)10-9-20(25(24)31)27(39)37-16-22-21(29(32,33)34)4-3-13-36-22/h3-10,13,17,26,35H,11-12,14-16H2,1-2H3,(H,37,39). The van der Waals surface area contributed by atoms with Crippen molar-refractivity contribution in [3.63, 3.8) is 0 Å².